The van der Waals surface area contributed by atoms with Crippen LogP contribution in [0.2, 0.25) is 0 Å². The standard InChI is InChI=1S/C33H42O11/c1-19-11-12-38-24(21(3)41-22(4)34)9-7-8-10-29(36)44-26-15-28-33(18-40-33)31(26,6)32(17-39-30(37)13-19)16-25(42-23(5)35)20(2)14-27(32)43-28/h7-10,13-14,21,24-28H,11-12,15-18H2,1-6H3/b9-7+,10-8-,19-13+/t21-,24-,25-,26+,27+,28+,31+,32+,33?/m0/s1. The van der Waals surface area contributed by atoms with Crippen LogP contribution in [-0.4, -0.2) is 85.9 Å². The number of ether oxygens (including phenoxy) is 7. The Labute approximate surface area is 257 Å². The van der Waals surface area contributed by atoms with Gasteiger partial charge in [-0.25, -0.2) is 9.59 Å². The number of allylic oxidation sites excluding steroid dienone is 2. The Morgan fingerprint density at radius 1 is 1.05 bits per heavy atom. The van der Waals surface area contributed by atoms with E-state index < -0.39 is 70.8 Å². The highest BCUT2D eigenvalue weighted by atomic mass is 16.6. The van der Waals surface area contributed by atoms with Crippen LogP contribution in [-0.2, 0) is 52.3 Å². The second-order valence-corrected chi connectivity index (χ2v) is 12.7. The van der Waals surface area contributed by atoms with E-state index in [0.29, 0.717) is 25.9 Å². The number of carbonyl (C=O) groups is 4. The summed E-state index contributed by atoms with van der Waals surface area (Å²) in [7, 11) is 0. The van der Waals surface area contributed by atoms with E-state index in [1.165, 1.54) is 26.0 Å². The molecule has 2 saturated heterocycles. The molecule has 44 heavy (non-hydrogen) atoms. The highest BCUT2D eigenvalue weighted by molar-refractivity contribution is 5.83. The van der Waals surface area contributed by atoms with Crippen molar-refractivity contribution in [3.8, 4) is 0 Å². The van der Waals surface area contributed by atoms with Crippen LogP contribution in [0.5, 0.6) is 0 Å². The van der Waals surface area contributed by atoms with Crippen LogP contribution in [0.1, 0.15) is 60.8 Å². The largest absolute Gasteiger partial charge is 0.462 e. The molecule has 0 N–H and O–H groups in total. The SMILES string of the molecule is CC(=O)O[C@H]1C[C@@]23COC(=O)/C=C(\C)CCO[C@H]([C@H](C)OC(C)=O)/C=C/C=C\C(=O)O[C@@H]4C[C@@H](O[C@@H]2C=C1C)C1(CO1)[C@]43C. The van der Waals surface area contributed by atoms with Gasteiger partial charge in [-0.2, -0.15) is 0 Å². The Morgan fingerprint density at radius 3 is 2.48 bits per heavy atom. The molecule has 0 aromatic rings. The van der Waals surface area contributed by atoms with Gasteiger partial charge in [-0.05, 0) is 32.8 Å². The number of carbonyl (C=O) groups excluding carboxylic acids is 4. The molecule has 5 aliphatic rings. The monoisotopic (exact) mass is 614 g/mol. The number of cyclic esters (lactones) is 1. The van der Waals surface area contributed by atoms with E-state index in [0.717, 1.165) is 11.1 Å². The molecule has 0 aromatic heterocycles. The van der Waals surface area contributed by atoms with Crippen molar-refractivity contribution in [2.75, 3.05) is 19.8 Å². The third kappa shape index (κ3) is 5.77. The van der Waals surface area contributed by atoms with Crippen LogP contribution < -0.4 is 0 Å². The maximum absolute atomic E-state index is 13.2. The molecule has 0 amide bonds. The maximum Gasteiger partial charge on any atom is 0.331 e. The molecular weight excluding hydrogens is 572 g/mol. The minimum atomic E-state index is -0.934. The minimum Gasteiger partial charge on any atom is -0.462 e. The zero-order valence-electron chi connectivity index (χ0n) is 26.2. The van der Waals surface area contributed by atoms with Crippen molar-refractivity contribution in [2.24, 2.45) is 10.8 Å². The number of hydrogen-bond acceptors (Lipinski definition) is 11. The molecule has 0 radical (unpaired) electrons. The fourth-order valence-corrected chi connectivity index (χ4v) is 7.49. The van der Waals surface area contributed by atoms with Crippen molar-refractivity contribution in [2.45, 2.75) is 103 Å². The van der Waals surface area contributed by atoms with E-state index in [2.05, 4.69) is 0 Å². The van der Waals surface area contributed by atoms with E-state index in [1.807, 2.05) is 26.8 Å². The van der Waals surface area contributed by atoms with Gasteiger partial charge < -0.3 is 33.2 Å². The number of hydrogen-bond donors (Lipinski definition) is 0. The molecule has 2 spiro atoms. The lowest BCUT2D eigenvalue weighted by Gasteiger charge is -2.59. The third-order valence-corrected chi connectivity index (χ3v) is 9.96. The summed E-state index contributed by atoms with van der Waals surface area (Å²) in [6.45, 7) is 10.7. The smallest absolute Gasteiger partial charge is 0.331 e. The van der Waals surface area contributed by atoms with Crippen molar-refractivity contribution in [1.29, 1.82) is 0 Å². The molecule has 0 aromatic carbocycles. The Kier molecular flexibility index (Phi) is 8.94. The highest BCUT2D eigenvalue weighted by Crippen LogP contribution is 2.72. The van der Waals surface area contributed by atoms with Gasteiger partial charge in [-0.3, -0.25) is 9.59 Å². The fourth-order valence-electron chi connectivity index (χ4n) is 7.49. The highest BCUT2D eigenvalue weighted by Gasteiger charge is 2.83. The van der Waals surface area contributed by atoms with E-state index in [-0.39, 0.29) is 19.3 Å². The van der Waals surface area contributed by atoms with Crippen LogP contribution in [0.15, 0.2) is 47.6 Å². The lowest BCUT2D eigenvalue weighted by molar-refractivity contribution is -0.239. The molecule has 5 rings (SSSR count). The first-order valence-corrected chi connectivity index (χ1v) is 15.1. The van der Waals surface area contributed by atoms with Crippen molar-refractivity contribution in [3.05, 3.63) is 47.6 Å². The summed E-state index contributed by atoms with van der Waals surface area (Å²) in [5, 5.41) is 0. The van der Waals surface area contributed by atoms with Crippen molar-refractivity contribution >= 4 is 23.9 Å². The molecule has 3 heterocycles. The molecule has 11 heteroatoms. The molecule has 240 valence electrons. The van der Waals surface area contributed by atoms with Gasteiger partial charge in [0.15, 0.2) is 0 Å². The van der Waals surface area contributed by atoms with Gasteiger partial charge >= 0.3 is 23.9 Å². The van der Waals surface area contributed by atoms with Crippen molar-refractivity contribution in [3.63, 3.8) is 0 Å². The molecule has 1 saturated carbocycles. The van der Waals surface area contributed by atoms with Gasteiger partial charge in [0.05, 0.1) is 36.3 Å². The number of esters is 4. The zero-order chi connectivity index (χ0) is 31.9. The van der Waals surface area contributed by atoms with E-state index >= 15 is 0 Å². The summed E-state index contributed by atoms with van der Waals surface area (Å²) in [5.41, 5.74) is -0.931. The molecule has 11 nitrogen and oxygen atoms in total. The first-order chi connectivity index (χ1) is 20.8. The summed E-state index contributed by atoms with van der Waals surface area (Å²) in [6, 6.07) is 0. The fraction of sp³-hybridized carbons (Fsp3) is 0.636. The van der Waals surface area contributed by atoms with E-state index in [4.69, 9.17) is 33.2 Å². The zero-order valence-corrected chi connectivity index (χ0v) is 26.2. The molecule has 2 aliphatic carbocycles. The minimum absolute atomic E-state index is 0.0682. The third-order valence-electron chi connectivity index (χ3n) is 9.96. The van der Waals surface area contributed by atoms with Crippen LogP contribution in [0.3, 0.4) is 0 Å². The predicted octanol–water partition coefficient (Wildman–Crippen LogP) is 3.46. The van der Waals surface area contributed by atoms with Gasteiger partial charge in [-0.1, -0.05) is 36.8 Å². The van der Waals surface area contributed by atoms with Crippen LogP contribution in [0.4, 0.5) is 0 Å². The Hall–Kier alpha value is -3.28. The molecule has 9 atom stereocenters. The van der Waals surface area contributed by atoms with Crippen molar-refractivity contribution in [1.82, 2.24) is 0 Å². The van der Waals surface area contributed by atoms with E-state index in [1.54, 1.807) is 25.2 Å². The quantitative estimate of drug-likeness (QED) is 0.200. The predicted molar refractivity (Wildman–Crippen MR) is 155 cm³/mol. The number of rotatable bonds is 3. The van der Waals surface area contributed by atoms with Crippen LogP contribution in [0.25, 0.3) is 0 Å². The molecule has 2 bridgehead atoms. The molecule has 3 aliphatic heterocycles. The average molecular weight is 615 g/mol. The number of epoxide rings is 1. The maximum atomic E-state index is 13.2. The summed E-state index contributed by atoms with van der Waals surface area (Å²) in [5.74, 6) is -1.96. The average Bonchev–Trinajstić information content (AvgIpc) is 3.71. The van der Waals surface area contributed by atoms with Crippen LogP contribution in [0, 0.1) is 10.8 Å². The molecule has 1 unspecified atom stereocenters. The first kappa shape index (κ1) is 32.1. The van der Waals surface area contributed by atoms with E-state index in [9.17, 15) is 19.2 Å². The second kappa shape index (κ2) is 12.3. The van der Waals surface area contributed by atoms with Gasteiger partial charge in [0.2, 0.25) is 0 Å². The summed E-state index contributed by atoms with van der Waals surface area (Å²) >= 11 is 0. The molecular formula is C33H42O11. The second-order valence-electron chi connectivity index (χ2n) is 12.7. The Morgan fingerprint density at radius 2 is 1.80 bits per heavy atom. The topological polar surface area (TPSA) is 136 Å². The Balaban J connectivity index is 1.52. The van der Waals surface area contributed by atoms with Gasteiger partial charge in [0.25, 0.3) is 0 Å². The molecule has 3 fully saturated rings. The van der Waals surface area contributed by atoms with Gasteiger partial charge in [0, 0.05) is 38.8 Å². The normalized spacial score (nSPS) is 42.1. The van der Waals surface area contributed by atoms with Crippen molar-refractivity contribution < 1.29 is 52.3 Å². The van der Waals surface area contributed by atoms with Gasteiger partial charge in [-0.15, -0.1) is 0 Å². The first-order valence-electron chi connectivity index (χ1n) is 15.1. The lowest BCUT2D eigenvalue weighted by Crippen LogP contribution is -2.68. The Bertz CT molecular complexity index is 1310. The van der Waals surface area contributed by atoms with Crippen LogP contribution >= 0.6 is 0 Å². The summed E-state index contributed by atoms with van der Waals surface area (Å²) in [6.07, 6.45) is 7.52. The summed E-state index contributed by atoms with van der Waals surface area (Å²) in [4.78, 5) is 50.0. The van der Waals surface area contributed by atoms with Gasteiger partial charge in [0.1, 0.15) is 36.6 Å². The summed E-state index contributed by atoms with van der Waals surface area (Å²) < 4.78 is 41.9. The lowest BCUT2D eigenvalue weighted by atomic mass is 9.51.